The number of nitrogens with zero attached hydrogens (tertiary/aromatic N) is 5. The van der Waals surface area contributed by atoms with Crippen LogP contribution in [0.3, 0.4) is 0 Å². The van der Waals surface area contributed by atoms with Crippen LogP contribution in [0.1, 0.15) is 64.7 Å². The van der Waals surface area contributed by atoms with Crippen LogP contribution in [0.5, 0.6) is 5.75 Å². The SMILES string of the molecule is CCc1ccc(OCc2nnc(SCc3nnc(C(C)(C)C)o3)n2CC(C)C)cc1. The molecular formula is C22H31N5O2S. The van der Waals surface area contributed by atoms with Gasteiger partial charge in [0.05, 0.1) is 5.75 Å². The maximum absolute atomic E-state index is 5.96. The maximum atomic E-state index is 5.96. The Morgan fingerprint density at radius 2 is 1.80 bits per heavy atom. The highest BCUT2D eigenvalue weighted by molar-refractivity contribution is 7.98. The van der Waals surface area contributed by atoms with Crippen molar-refractivity contribution in [3.63, 3.8) is 0 Å². The van der Waals surface area contributed by atoms with E-state index >= 15 is 0 Å². The third kappa shape index (κ3) is 5.84. The Balaban J connectivity index is 1.68. The standard InChI is InChI=1S/C22H31N5O2S/c1-7-16-8-10-17(11-9-16)28-13-18-23-26-21(27(18)12-15(2)3)30-14-19-24-25-20(29-19)22(4,5)6/h8-11,15H,7,12-14H2,1-6H3. The van der Waals surface area contributed by atoms with E-state index in [0.717, 1.165) is 29.7 Å². The lowest BCUT2D eigenvalue weighted by Gasteiger charge is -2.13. The molecule has 0 N–H and O–H groups in total. The molecule has 0 aliphatic carbocycles. The molecule has 2 aromatic heterocycles. The van der Waals surface area contributed by atoms with Crippen molar-refractivity contribution in [2.24, 2.45) is 5.92 Å². The second-order valence-electron chi connectivity index (χ2n) is 8.73. The molecule has 162 valence electrons. The van der Waals surface area contributed by atoms with Gasteiger partial charge in [0.1, 0.15) is 12.4 Å². The predicted octanol–water partition coefficient (Wildman–Crippen LogP) is 5.05. The molecule has 0 aliphatic rings. The average molecular weight is 430 g/mol. The number of aryl methyl sites for hydroxylation is 1. The minimum atomic E-state index is -0.159. The second kappa shape index (κ2) is 9.64. The molecule has 0 radical (unpaired) electrons. The van der Waals surface area contributed by atoms with Gasteiger partial charge in [0, 0.05) is 12.0 Å². The van der Waals surface area contributed by atoms with E-state index in [1.807, 2.05) is 12.1 Å². The van der Waals surface area contributed by atoms with Crippen molar-refractivity contribution in [3.8, 4) is 5.75 Å². The largest absolute Gasteiger partial charge is 0.486 e. The van der Waals surface area contributed by atoms with Crippen LogP contribution in [0.2, 0.25) is 0 Å². The lowest BCUT2D eigenvalue weighted by molar-refractivity contribution is 0.284. The quantitative estimate of drug-likeness (QED) is 0.440. The normalized spacial score (nSPS) is 12.0. The number of rotatable bonds is 9. The summed E-state index contributed by atoms with van der Waals surface area (Å²) in [4.78, 5) is 0. The van der Waals surface area contributed by atoms with Gasteiger partial charge in [-0.05, 0) is 30.0 Å². The Morgan fingerprint density at radius 1 is 1.07 bits per heavy atom. The van der Waals surface area contributed by atoms with Crippen molar-refractivity contribution in [2.75, 3.05) is 0 Å². The van der Waals surface area contributed by atoms with Crippen LogP contribution >= 0.6 is 11.8 Å². The fraction of sp³-hybridized carbons (Fsp3) is 0.545. The van der Waals surface area contributed by atoms with Crippen LogP contribution in [-0.4, -0.2) is 25.0 Å². The summed E-state index contributed by atoms with van der Waals surface area (Å²) in [6, 6.07) is 8.18. The molecule has 30 heavy (non-hydrogen) atoms. The zero-order chi connectivity index (χ0) is 21.7. The first kappa shape index (κ1) is 22.3. The molecule has 0 fully saturated rings. The van der Waals surface area contributed by atoms with Gasteiger partial charge in [-0.3, -0.25) is 0 Å². The van der Waals surface area contributed by atoms with Gasteiger partial charge in [-0.1, -0.05) is 65.4 Å². The molecule has 0 atom stereocenters. The van der Waals surface area contributed by atoms with Gasteiger partial charge in [0.25, 0.3) is 0 Å². The Bertz CT molecular complexity index is 941. The first-order chi connectivity index (χ1) is 14.3. The number of thioether (sulfide) groups is 1. The maximum Gasteiger partial charge on any atom is 0.226 e. The van der Waals surface area contributed by atoms with Crippen LogP contribution in [0.15, 0.2) is 33.8 Å². The minimum Gasteiger partial charge on any atom is -0.486 e. The molecule has 0 saturated carbocycles. The van der Waals surface area contributed by atoms with E-state index in [9.17, 15) is 0 Å². The summed E-state index contributed by atoms with van der Waals surface area (Å²) in [6.45, 7) is 13.9. The van der Waals surface area contributed by atoms with Gasteiger partial charge in [0.2, 0.25) is 11.8 Å². The summed E-state index contributed by atoms with van der Waals surface area (Å²) in [5.74, 6) is 3.90. The zero-order valence-corrected chi connectivity index (χ0v) is 19.5. The molecule has 2 heterocycles. The molecule has 3 rings (SSSR count). The molecule has 0 bridgehead atoms. The average Bonchev–Trinajstić information content (AvgIpc) is 3.32. The lowest BCUT2D eigenvalue weighted by atomic mass is 9.97. The van der Waals surface area contributed by atoms with Crippen molar-refractivity contribution >= 4 is 11.8 Å². The summed E-state index contributed by atoms with van der Waals surface area (Å²) in [5, 5.41) is 17.9. The minimum absolute atomic E-state index is 0.159. The van der Waals surface area contributed by atoms with Crippen molar-refractivity contribution in [2.45, 2.75) is 77.4 Å². The highest BCUT2D eigenvalue weighted by Gasteiger charge is 2.22. The van der Waals surface area contributed by atoms with Crippen LogP contribution in [0, 0.1) is 5.92 Å². The summed E-state index contributed by atoms with van der Waals surface area (Å²) >= 11 is 1.55. The summed E-state index contributed by atoms with van der Waals surface area (Å²) in [7, 11) is 0. The number of hydrogen-bond donors (Lipinski definition) is 0. The second-order valence-corrected chi connectivity index (χ2v) is 9.67. The van der Waals surface area contributed by atoms with Crippen molar-refractivity contribution in [1.82, 2.24) is 25.0 Å². The van der Waals surface area contributed by atoms with E-state index < -0.39 is 0 Å². The fourth-order valence-corrected chi connectivity index (χ4v) is 3.60. The van der Waals surface area contributed by atoms with Crippen LogP contribution < -0.4 is 4.74 Å². The number of ether oxygens (including phenoxy) is 1. The van der Waals surface area contributed by atoms with Crippen LogP contribution in [-0.2, 0) is 30.7 Å². The molecule has 0 unspecified atom stereocenters. The van der Waals surface area contributed by atoms with Gasteiger partial charge in [-0.15, -0.1) is 20.4 Å². The molecule has 0 spiro atoms. The fourth-order valence-electron chi connectivity index (χ4n) is 2.79. The summed E-state index contributed by atoms with van der Waals surface area (Å²) < 4.78 is 13.9. The predicted molar refractivity (Wildman–Crippen MR) is 118 cm³/mol. The topological polar surface area (TPSA) is 78.9 Å². The number of benzene rings is 1. The molecule has 0 aliphatic heterocycles. The lowest BCUT2D eigenvalue weighted by Crippen LogP contribution is -2.12. The van der Waals surface area contributed by atoms with E-state index in [-0.39, 0.29) is 5.41 Å². The Kier molecular flexibility index (Phi) is 7.18. The Hall–Kier alpha value is -2.35. The molecule has 8 heteroatoms. The van der Waals surface area contributed by atoms with Crippen molar-refractivity contribution in [3.05, 3.63) is 47.4 Å². The van der Waals surface area contributed by atoms with Crippen LogP contribution in [0.25, 0.3) is 0 Å². The van der Waals surface area contributed by atoms with Gasteiger partial charge in [-0.2, -0.15) is 0 Å². The van der Waals surface area contributed by atoms with Gasteiger partial charge in [0.15, 0.2) is 11.0 Å². The molecule has 0 amide bonds. The van der Waals surface area contributed by atoms with Crippen molar-refractivity contribution in [1.29, 1.82) is 0 Å². The third-order valence-electron chi connectivity index (χ3n) is 4.47. The Labute approximate surface area is 182 Å². The molecule has 7 nitrogen and oxygen atoms in total. The molecule has 3 aromatic rings. The molecule has 1 aromatic carbocycles. The number of hydrogen-bond acceptors (Lipinski definition) is 7. The van der Waals surface area contributed by atoms with E-state index in [2.05, 4.69) is 78.6 Å². The van der Waals surface area contributed by atoms with E-state index in [1.54, 1.807) is 11.8 Å². The highest BCUT2D eigenvalue weighted by Crippen LogP contribution is 2.26. The first-order valence-electron chi connectivity index (χ1n) is 10.4. The Morgan fingerprint density at radius 3 is 2.40 bits per heavy atom. The van der Waals surface area contributed by atoms with Crippen LogP contribution in [0.4, 0.5) is 0 Å². The highest BCUT2D eigenvalue weighted by atomic mass is 32.2. The van der Waals surface area contributed by atoms with E-state index in [1.165, 1.54) is 5.56 Å². The zero-order valence-electron chi connectivity index (χ0n) is 18.7. The van der Waals surface area contributed by atoms with Gasteiger partial charge < -0.3 is 13.7 Å². The molecule has 0 saturated heterocycles. The van der Waals surface area contributed by atoms with E-state index in [0.29, 0.717) is 30.1 Å². The summed E-state index contributed by atoms with van der Waals surface area (Å²) in [5.41, 5.74) is 1.13. The van der Waals surface area contributed by atoms with Crippen molar-refractivity contribution < 1.29 is 9.15 Å². The molecular weight excluding hydrogens is 398 g/mol. The van der Waals surface area contributed by atoms with Gasteiger partial charge in [-0.25, -0.2) is 0 Å². The monoisotopic (exact) mass is 429 g/mol. The first-order valence-corrected chi connectivity index (χ1v) is 11.3. The smallest absolute Gasteiger partial charge is 0.226 e. The van der Waals surface area contributed by atoms with Gasteiger partial charge >= 0.3 is 0 Å². The number of aromatic nitrogens is 5. The third-order valence-corrected chi connectivity index (χ3v) is 5.43. The summed E-state index contributed by atoms with van der Waals surface area (Å²) in [6.07, 6.45) is 1.01. The van der Waals surface area contributed by atoms with E-state index in [4.69, 9.17) is 9.15 Å².